The van der Waals surface area contributed by atoms with Crippen LogP contribution >= 0.6 is 0 Å². The molecule has 0 aromatic heterocycles. The van der Waals surface area contributed by atoms with Gasteiger partial charge in [-0.05, 0) is 18.1 Å². The zero-order valence-electron chi connectivity index (χ0n) is 13.0. The third-order valence-corrected chi connectivity index (χ3v) is 4.56. The van der Waals surface area contributed by atoms with Gasteiger partial charge in [-0.1, -0.05) is 26.0 Å². The van der Waals surface area contributed by atoms with Crippen molar-refractivity contribution >= 4 is 21.9 Å². The lowest BCUT2D eigenvalue weighted by Crippen LogP contribution is -2.51. The van der Waals surface area contributed by atoms with Crippen molar-refractivity contribution in [3.05, 3.63) is 30.1 Å². The highest BCUT2D eigenvalue weighted by Gasteiger charge is 2.32. The van der Waals surface area contributed by atoms with Crippen LogP contribution in [-0.2, 0) is 19.6 Å². The second-order valence-electron chi connectivity index (χ2n) is 5.36. The molecule has 0 aliphatic heterocycles. The Kier molecular flexibility index (Phi) is 6.22. The molecule has 7 nitrogen and oxygen atoms in total. The average Bonchev–Trinajstić information content (AvgIpc) is 2.43. The number of rotatable bonds is 7. The number of nitrogens with one attached hydrogen (secondary N) is 1. The molecule has 0 aliphatic rings. The number of nitrogens with zero attached hydrogens (tertiary/aromatic N) is 1. The Balaban J connectivity index is 3.07. The summed E-state index contributed by atoms with van der Waals surface area (Å²) in [6.45, 7) is 2.63. The van der Waals surface area contributed by atoms with E-state index >= 15 is 0 Å². The molecule has 0 aliphatic carbocycles. The summed E-state index contributed by atoms with van der Waals surface area (Å²) in [4.78, 5) is 23.3. The van der Waals surface area contributed by atoms with Crippen molar-refractivity contribution in [2.45, 2.75) is 24.8 Å². The summed E-state index contributed by atoms with van der Waals surface area (Å²) in [7, 11) is -3.01. The van der Waals surface area contributed by atoms with Crippen molar-refractivity contribution in [1.82, 2.24) is 9.62 Å². The van der Waals surface area contributed by atoms with Gasteiger partial charge in [-0.25, -0.2) is 12.8 Å². The van der Waals surface area contributed by atoms with E-state index in [2.05, 4.69) is 4.72 Å². The Morgan fingerprint density at radius 1 is 1.30 bits per heavy atom. The van der Waals surface area contributed by atoms with E-state index in [0.717, 1.165) is 17.0 Å². The largest absolute Gasteiger partial charge is 0.480 e. The van der Waals surface area contributed by atoms with Crippen LogP contribution in [0.25, 0.3) is 0 Å². The smallest absolute Gasteiger partial charge is 0.323 e. The number of halogens is 1. The highest BCUT2D eigenvalue weighted by molar-refractivity contribution is 7.89. The van der Waals surface area contributed by atoms with E-state index in [1.807, 2.05) is 0 Å². The molecule has 0 radical (unpaired) electrons. The summed E-state index contributed by atoms with van der Waals surface area (Å²) in [6.07, 6.45) is 0. The number of aliphatic carboxylic acids is 1. The molecule has 0 bridgehead atoms. The van der Waals surface area contributed by atoms with Gasteiger partial charge in [0.1, 0.15) is 23.3 Å². The van der Waals surface area contributed by atoms with E-state index in [9.17, 15) is 22.4 Å². The van der Waals surface area contributed by atoms with Gasteiger partial charge in [0.05, 0.1) is 0 Å². The molecule has 1 aromatic rings. The van der Waals surface area contributed by atoms with Crippen molar-refractivity contribution in [1.29, 1.82) is 0 Å². The highest BCUT2D eigenvalue weighted by atomic mass is 32.2. The van der Waals surface area contributed by atoms with Gasteiger partial charge in [-0.15, -0.1) is 0 Å². The number of sulfonamides is 1. The molecule has 0 saturated heterocycles. The predicted octanol–water partition coefficient (Wildman–Crippen LogP) is 0.672. The van der Waals surface area contributed by atoms with Gasteiger partial charge in [-0.3, -0.25) is 9.59 Å². The summed E-state index contributed by atoms with van der Waals surface area (Å²) >= 11 is 0. The fraction of sp³-hybridized carbons (Fsp3) is 0.429. The zero-order chi connectivity index (χ0) is 17.8. The molecule has 0 heterocycles. The van der Waals surface area contributed by atoms with Crippen LogP contribution in [0.1, 0.15) is 13.8 Å². The lowest BCUT2D eigenvalue weighted by molar-refractivity contribution is -0.144. The molecule has 128 valence electrons. The van der Waals surface area contributed by atoms with E-state index in [-0.39, 0.29) is 0 Å². The Labute approximate surface area is 134 Å². The molecule has 23 heavy (non-hydrogen) atoms. The summed E-state index contributed by atoms with van der Waals surface area (Å²) in [5.41, 5.74) is 0. The van der Waals surface area contributed by atoms with E-state index < -0.39 is 51.1 Å². The van der Waals surface area contributed by atoms with Gasteiger partial charge in [0.15, 0.2) is 0 Å². The summed E-state index contributed by atoms with van der Waals surface area (Å²) in [6, 6.07) is 3.59. The van der Waals surface area contributed by atoms with Crippen molar-refractivity contribution in [3.63, 3.8) is 0 Å². The van der Waals surface area contributed by atoms with E-state index in [1.54, 1.807) is 13.8 Å². The topological polar surface area (TPSA) is 104 Å². The van der Waals surface area contributed by atoms with Gasteiger partial charge >= 0.3 is 5.97 Å². The molecule has 0 spiro atoms. The quantitative estimate of drug-likeness (QED) is 0.755. The molecular formula is C14H19FN2O5S. The van der Waals surface area contributed by atoms with Crippen molar-refractivity contribution in [2.24, 2.45) is 5.92 Å². The number of benzene rings is 1. The first-order chi connectivity index (χ1) is 10.6. The number of carboxylic acid groups (broad SMARTS) is 1. The van der Waals surface area contributed by atoms with Crippen LogP contribution in [0.4, 0.5) is 4.39 Å². The minimum absolute atomic E-state index is 0.458. The van der Waals surface area contributed by atoms with Crippen LogP contribution in [0.3, 0.4) is 0 Å². The van der Waals surface area contributed by atoms with E-state index in [1.165, 1.54) is 19.2 Å². The third kappa shape index (κ3) is 5.00. The fourth-order valence-corrected chi connectivity index (χ4v) is 3.30. The Hall–Kier alpha value is -2.00. The maximum absolute atomic E-state index is 13.7. The molecule has 0 unspecified atom stereocenters. The normalized spacial score (nSPS) is 12.9. The molecule has 0 fully saturated rings. The standard InChI is InChI=1S/C14H19FN2O5S/c1-9(2)13(14(20)17(3)8-12(18)19)16-23(21,22)11-7-5-4-6-10(11)15/h4-7,9,13,16H,8H2,1-3H3,(H,18,19)/t13-/m0/s1. The van der Waals surface area contributed by atoms with Crippen molar-refractivity contribution < 1.29 is 27.5 Å². The van der Waals surface area contributed by atoms with Crippen LogP contribution in [0.15, 0.2) is 29.2 Å². The van der Waals surface area contributed by atoms with Crippen molar-refractivity contribution in [2.75, 3.05) is 13.6 Å². The Morgan fingerprint density at radius 3 is 2.35 bits per heavy atom. The van der Waals surface area contributed by atoms with Crippen LogP contribution in [0, 0.1) is 11.7 Å². The number of carboxylic acids is 1. The van der Waals surface area contributed by atoms with Crippen LogP contribution in [0.2, 0.25) is 0 Å². The average molecular weight is 346 g/mol. The molecule has 1 aromatic carbocycles. The summed E-state index contributed by atoms with van der Waals surface area (Å²) in [5, 5.41) is 8.72. The minimum atomic E-state index is -4.26. The summed E-state index contributed by atoms with van der Waals surface area (Å²) in [5.74, 6) is -3.32. The molecule has 0 saturated carbocycles. The number of carbonyl (C=O) groups excluding carboxylic acids is 1. The molecule has 1 amide bonds. The maximum atomic E-state index is 13.7. The first kappa shape index (κ1) is 19.0. The lowest BCUT2D eigenvalue weighted by Gasteiger charge is -2.26. The third-order valence-electron chi connectivity index (χ3n) is 3.09. The zero-order valence-corrected chi connectivity index (χ0v) is 13.8. The van der Waals surface area contributed by atoms with Crippen LogP contribution in [-0.4, -0.2) is 49.9 Å². The SMILES string of the molecule is CC(C)[C@H](NS(=O)(=O)c1ccccc1F)C(=O)N(C)CC(=O)O. The second-order valence-corrected chi connectivity index (χ2v) is 7.04. The highest BCUT2D eigenvalue weighted by Crippen LogP contribution is 2.16. The number of carbonyl (C=O) groups is 2. The van der Waals surface area contributed by atoms with Gasteiger partial charge in [0.2, 0.25) is 15.9 Å². The fourth-order valence-electron chi connectivity index (χ4n) is 1.88. The first-order valence-corrected chi connectivity index (χ1v) is 8.28. The predicted molar refractivity (Wildman–Crippen MR) is 80.6 cm³/mol. The second kappa shape index (κ2) is 7.51. The lowest BCUT2D eigenvalue weighted by atomic mass is 10.0. The number of hydrogen-bond acceptors (Lipinski definition) is 4. The molecule has 2 N–H and O–H groups in total. The minimum Gasteiger partial charge on any atom is -0.480 e. The first-order valence-electron chi connectivity index (χ1n) is 6.80. The van der Waals surface area contributed by atoms with E-state index in [4.69, 9.17) is 5.11 Å². The maximum Gasteiger partial charge on any atom is 0.323 e. The van der Waals surface area contributed by atoms with E-state index in [0.29, 0.717) is 0 Å². The molecular weight excluding hydrogens is 327 g/mol. The van der Waals surface area contributed by atoms with Crippen LogP contribution < -0.4 is 4.72 Å². The van der Waals surface area contributed by atoms with Crippen LogP contribution in [0.5, 0.6) is 0 Å². The molecule has 1 atom stereocenters. The number of likely N-dealkylation sites (N-methyl/N-ethyl adjacent to an activating group) is 1. The number of hydrogen-bond donors (Lipinski definition) is 2. The molecule has 9 heteroatoms. The Morgan fingerprint density at radius 2 is 1.87 bits per heavy atom. The van der Waals surface area contributed by atoms with Gasteiger partial charge in [0, 0.05) is 7.05 Å². The van der Waals surface area contributed by atoms with Gasteiger partial charge in [0.25, 0.3) is 0 Å². The molecule has 1 rings (SSSR count). The summed E-state index contributed by atoms with van der Waals surface area (Å²) < 4.78 is 40.4. The van der Waals surface area contributed by atoms with Crippen molar-refractivity contribution in [3.8, 4) is 0 Å². The van der Waals surface area contributed by atoms with Gasteiger partial charge < -0.3 is 10.0 Å². The Bertz CT molecular complexity index is 690. The number of amides is 1. The monoisotopic (exact) mass is 346 g/mol. The van der Waals surface area contributed by atoms with Gasteiger partial charge in [-0.2, -0.15) is 4.72 Å².